The van der Waals surface area contributed by atoms with Crippen molar-refractivity contribution in [3.63, 3.8) is 0 Å². The average Bonchev–Trinajstić information content (AvgIpc) is 2.24. The molecule has 2 nitrogen and oxygen atoms in total. The smallest absolute Gasteiger partial charge is 0.234 e. The molecular formula is C13H13NO. The van der Waals surface area contributed by atoms with Gasteiger partial charge < -0.3 is 4.90 Å². The highest BCUT2D eigenvalue weighted by Crippen LogP contribution is 2.45. The molecule has 0 spiro atoms. The molecule has 1 aliphatic carbocycles. The van der Waals surface area contributed by atoms with Crippen LogP contribution < -0.4 is 0 Å². The number of hydrogen-bond donors (Lipinski definition) is 0. The third-order valence-corrected chi connectivity index (χ3v) is 3.51. The molecule has 2 heteroatoms. The Bertz CT molecular complexity index is 475. The number of rotatable bonds is 0. The van der Waals surface area contributed by atoms with Crippen molar-refractivity contribution in [1.29, 1.82) is 0 Å². The van der Waals surface area contributed by atoms with Gasteiger partial charge in [-0.15, -0.1) is 0 Å². The second-order valence-electron chi connectivity index (χ2n) is 4.37. The first-order valence-corrected chi connectivity index (χ1v) is 5.24. The molecule has 0 saturated heterocycles. The fourth-order valence-electron chi connectivity index (χ4n) is 2.71. The Morgan fingerprint density at radius 2 is 1.87 bits per heavy atom. The van der Waals surface area contributed by atoms with Crippen LogP contribution in [-0.2, 0) is 4.79 Å². The summed E-state index contributed by atoms with van der Waals surface area (Å²) < 4.78 is 0. The lowest BCUT2D eigenvalue weighted by Gasteiger charge is -2.42. The van der Waals surface area contributed by atoms with Crippen molar-refractivity contribution >= 4 is 5.91 Å². The van der Waals surface area contributed by atoms with Crippen molar-refractivity contribution in [2.45, 2.75) is 18.9 Å². The van der Waals surface area contributed by atoms with E-state index in [0.717, 1.165) is 0 Å². The Morgan fingerprint density at radius 1 is 1.20 bits per heavy atom. The number of carbonyl (C=O) groups excluding carboxylic acids is 1. The zero-order chi connectivity index (χ0) is 10.6. The van der Waals surface area contributed by atoms with Crippen molar-refractivity contribution in [2.24, 2.45) is 0 Å². The summed E-state index contributed by atoms with van der Waals surface area (Å²) in [5.74, 6) is 0.204. The maximum Gasteiger partial charge on any atom is 0.234 e. The maximum atomic E-state index is 12.0. The molecule has 4 rings (SSSR count). The van der Waals surface area contributed by atoms with Gasteiger partial charge in [-0.3, -0.25) is 4.79 Å². The minimum absolute atomic E-state index is 0.0313. The van der Waals surface area contributed by atoms with E-state index in [4.69, 9.17) is 0 Å². The lowest BCUT2D eigenvalue weighted by molar-refractivity contribution is -0.133. The fourth-order valence-corrected chi connectivity index (χ4v) is 2.71. The van der Waals surface area contributed by atoms with Crippen LogP contribution in [0.25, 0.3) is 0 Å². The Morgan fingerprint density at radius 3 is 2.60 bits per heavy atom. The normalized spacial score (nSPS) is 27.7. The van der Waals surface area contributed by atoms with Gasteiger partial charge in [0, 0.05) is 7.05 Å². The summed E-state index contributed by atoms with van der Waals surface area (Å²) in [6.07, 6.45) is 2.20. The van der Waals surface area contributed by atoms with Gasteiger partial charge in [-0.2, -0.15) is 0 Å². The monoisotopic (exact) mass is 199 g/mol. The Hall–Kier alpha value is -1.57. The SMILES string of the molecule is CC1=C[C@@H]2c3ccccc3[C@@H]1C(=O)N2C. The maximum absolute atomic E-state index is 12.0. The van der Waals surface area contributed by atoms with Crippen LogP contribution in [0.3, 0.4) is 0 Å². The highest BCUT2D eigenvalue weighted by Gasteiger charge is 2.41. The summed E-state index contributed by atoms with van der Waals surface area (Å²) in [7, 11) is 1.89. The van der Waals surface area contributed by atoms with Crippen molar-refractivity contribution in [2.75, 3.05) is 7.05 Å². The van der Waals surface area contributed by atoms with E-state index in [1.165, 1.54) is 16.7 Å². The molecule has 0 unspecified atom stereocenters. The lowest BCUT2D eigenvalue weighted by Crippen LogP contribution is -2.43. The van der Waals surface area contributed by atoms with E-state index >= 15 is 0 Å². The second-order valence-corrected chi connectivity index (χ2v) is 4.37. The molecule has 3 aliphatic rings. The molecular weight excluding hydrogens is 186 g/mol. The van der Waals surface area contributed by atoms with Crippen molar-refractivity contribution in [3.05, 3.63) is 47.0 Å². The van der Waals surface area contributed by atoms with Crippen LogP contribution in [0.5, 0.6) is 0 Å². The van der Waals surface area contributed by atoms with Crippen molar-refractivity contribution in [3.8, 4) is 0 Å². The van der Waals surface area contributed by atoms with E-state index in [9.17, 15) is 4.79 Å². The van der Waals surface area contributed by atoms with Crippen LogP contribution in [0.2, 0.25) is 0 Å². The Labute approximate surface area is 89.2 Å². The van der Waals surface area contributed by atoms with Crippen molar-refractivity contribution < 1.29 is 4.79 Å². The van der Waals surface area contributed by atoms with Gasteiger partial charge in [-0.25, -0.2) is 0 Å². The summed E-state index contributed by atoms with van der Waals surface area (Å²) in [4.78, 5) is 13.9. The number of fused-ring (bicyclic) bond motifs is 1. The molecule has 15 heavy (non-hydrogen) atoms. The van der Waals surface area contributed by atoms with Crippen LogP contribution in [-0.4, -0.2) is 17.9 Å². The number of benzene rings is 1. The van der Waals surface area contributed by atoms with Crippen LogP contribution >= 0.6 is 0 Å². The number of hydrogen-bond acceptors (Lipinski definition) is 1. The predicted octanol–water partition coefficient (Wildman–Crippen LogP) is 2.24. The summed E-state index contributed by atoms with van der Waals surface area (Å²) in [6.45, 7) is 2.05. The molecule has 1 aromatic rings. The van der Waals surface area contributed by atoms with Gasteiger partial charge >= 0.3 is 0 Å². The van der Waals surface area contributed by atoms with Crippen molar-refractivity contribution in [1.82, 2.24) is 4.90 Å². The molecule has 1 aromatic carbocycles. The molecule has 0 saturated carbocycles. The summed E-state index contributed by atoms with van der Waals surface area (Å²) in [5.41, 5.74) is 3.68. The molecule has 0 fully saturated rings. The van der Waals surface area contributed by atoms with Gasteiger partial charge in [0.25, 0.3) is 0 Å². The molecule has 2 bridgehead atoms. The van der Waals surface area contributed by atoms with Gasteiger partial charge in [-0.05, 0) is 18.1 Å². The van der Waals surface area contributed by atoms with Crippen LogP contribution in [0.4, 0.5) is 0 Å². The minimum Gasteiger partial charge on any atom is -0.334 e. The number of likely N-dealkylation sites (N-methyl/N-ethyl adjacent to an activating group) is 1. The van der Waals surface area contributed by atoms with Gasteiger partial charge in [-0.1, -0.05) is 35.9 Å². The van der Waals surface area contributed by atoms with Gasteiger partial charge in [0.05, 0.1) is 12.0 Å². The largest absolute Gasteiger partial charge is 0.334 e. The average molecular weight is 199 g/mol. The van der Waals surface area contributed by atoms with E-state index in [0.29, 0.717) is 0 Å². The molecule has 2 aliphatic heterocycles. The Balaban J connectivity index is 2.28. The number of amides is 1. The summed E-state index contributed by atoms with van der Waals surface area (Å²) in [5, 5.41) is 0. The minimum atomic E-state index is -0.0313. The van der Waals surface area contributed by atoms with Gasteiger partial charge in [0.15, 0.2) is 0 Å². The third kappa shape index (κ3) is 0.965. The van der Waals surface area contributed by atoms with E-state index < -0.39 is 0 Å². The molecule has 0 aromatic heterocycles. The molecule has 1 amide bonds. The van der Waals surface area contributed by atoms with Crippen LogP contribution in [0.15, 0.2) is 35.9 Å². The highest BCUT2D eigenvalue weighted by atomic mass is 16.2. The highest BCUT2D eigenvalue weighted by molar-refractivity contribution is 5.91. The lowest BCUT2D eigenvalue weighted by atomic mass is 9.75. The number of carbonyl (C=O) groups is 1. The summed E-state index contributed by atoms with van der Waals surface area (Å²) in [6, 6.07) is 8.41. The third-order valence-electron chi connectivity index (χ3n) is 3.51. The topological polar surface area (TPSA) is 20.3 Å². The summed E-state index contributed by atoms with van der Waals surface area (Å²) >= 11 is 0. The first kappa shape index (κ1) is 8.72. The standard InChI is InChI=1S/C13H13NO/c1-8-7-11-9-5-3-4-6-10(9)12(8)13(15)14(11)2/h3-7,11-12H,1-2H3/t11-,12-/m1/s1. The predicted molar refractivity (Wildman–Crippen MR) is 58.5 cm³/mol. The first-order valence-electron chi connectivity index (χ1n) is 5.24. The van der Waals surface area contributed by atoms with E-state index in [1.54, 1.807) is 0 Å². The second kappa shape index (κ2) is 2.72. The van der Waals surface area contributed by atoms with Gasteiger partial charge in [0.1, 0.15) is 0 Å². The van der Waals surface area contributed by atoms with E-state index in [1.807, 2.05) is 24.1 Å². The Kier molecular flexibility index (Phi) is 1.58. The van der Waals surface area contributed by atoms with E-state index in [2.05, 4.69) is 25.1 Å². The first-order chi connectivity index (χ1) is 7.20. The zero-order valence-corrected chi connectivity index (χ0v) is 8.90. The molecule has 0 radical (unpaired) electrons. The molecule has 0 N–H and O–H groups in total. The number of nitrogens with zero attached hydrogens (tertiary/aromatic N) is 1. The zero-order valence-electron chi connectivity index (χ0n) is 8.90. The molecule has 2 heterocycles. The fraction of sp³-hybridized carbons (Fsp3) is 0.308. The van der Waals surface area contributed by atoms with E-state index in [-0.39, 0.29) is 17.9 Å². The van der Waals surface area contributed by atoms with Gasteiger partial charge in [0.2, 0.25) is 5.91 Å². The van der Waals surface area contributed by atoms with Crippen LogP contribution in [0, 0.1) is 0 Å². The quantitative estimate of drug-likeness (QED) is 0.587. The van der Waals surface area contributed by atoms with Crippen LogP contribution in [0.1, 0.15) is 30.0 Å². The molecule has 76 valence electrons. The molecule has 2 atom stereocenters.